The van der Waals surface area contributed by atoms with Gasteiger partial charge in [0.2, 0.25) is 0 Å². The van der Waals surface area contributed by atoms with Crippen LogP contribution in [0, 0.1) is 11.8 Å². The molecule has 0 amide bonds. The molecule has 1 aromatic carbocycles. The lowest BCUT2D eigenvalue weighted by molar-refractivity contribution is -0.152. The van der Waals surface area contributed by atoms with Gasteiger partial charge in [-0.25, -0.2) is 9.59 Å². The van der Waals surface area contributed by atoms with E-state index in [2.05, 4.69) is 6.92 Å². The van der Waals surface area contributed by atoms with Crippen LogP contribution in [0.3, 0.4) is 0 Å². The zero-order valence-electron chi connectivity index (χ0n) is 12.8. The third-order valence-corrected chi connectivity index (χ3v) is 5.29. The maximum absolute atomic E-state index is 12.5. The highest BCUT2D eigenvalue weighted by molar-refractivity contribution is 6.02. The van der Waals surface area contributed by atoms with Crippen LogP contribution in [0.5, 0.6) is 0 Å². The van der Waals surface area contributed by atoms with Crippen molar-refractivity contribution in [1.29, 1.82) is 0 Å². The number of aromatic carboxylic acids is 1. The van der Waals surface area contributed by atoms with Gasteiger partial charge in [0, 0.05) is 11.8 Å². The fourth-order valence-electron chi connectivity index (χ4n) is 4.16. The topological polar surface area (TPSA) is 82.1 Å². The number of carbonyl (C=O) groups excluding carboxylic acids is 1. The first kappa shape index (κ1) is 14.7. The number of carboxylic acid groups (broad SMARTS) is 1. The van der Waals surface area contributed by atoms with Crippen LogP contribution in [-0.2, 0) is 14.2 Å². The number of ether oxygens (including phenoxy) is 3. The van der Waals surface area contributed by atoms with E-state index in [0.717, 1.165) is 0 Å². The van der Waals surface area contributed by atoms with E-state index in [4.69, 9.17) is 14.2 Å². The van der Waals surface area contributed by atoms with Crippen molar-refractivity contribution in [2.75, 3.05) is 0 Å². The Labute approximate surface area is 133 Å². The van der Waals surface area contributed by atoms with Gasteiger partial charge in [0.15, 0.2) is 6.10 Å². The molecule has 4 fully saturated rings. The van der Waals surface area contributed by atoms with Crippen LogP contribution in [0.25, 0.3) is 0 Å². The summed E-state index contributed by atoms with van der Waals surface area (Å²) >= 11 is 0. The molecule has 4 aliphatic heterocycles. The number of hydrogen-bond donors (Lipinski definition) is 1. The standard InChI is InChI=1S/C17H18O6/c1-7-11-8(2)13-15(14(21-11)12(7)22-13)23-17(20)10-6-4-3-5-9(10)16(18)19/h3-8,11-15H,1-2H3,(H,18,19)/t7?,8?,11?,12-,13?,14+,15+/m1/s1. The Morgan fingerprint density at radius 1 is 0.957 bits per heavy atom. The fourth-order valence-corrected chi connectivity index (χ4v) is 4.16. The van der Waals surface area contributed by atoms with Crippen molar-refractivity contribution < 1.29 is 28.9 Å². The largest absolute Gasteiger partial charge is 0.478 e. The number of carboxylic acids is 1. The quantitative estimate of drug-likeness (QED) is 0.855. The van der Waals surface area contributed by atoms with Crippen LogP contribution in [0.2, 0.25) is 0 Å². The van der Waals surface area contributed by atoms with E-state index in [9.17, 15) is 14.7 Å². The Hall–Kier alpha value is -1.92. The number of benzene rings is 1. The number of carbonyl (C=O) groups is 2. The first-order chi connectivity index (χ1) is 11.0. The van der Waals surface area contributed by atoms with Crippen molar-refractivity contribution >= 4 is 11.9 Å². The Bertz CT molecular complexity index is 667. The second-order valence-electron chi connectivity index (χ2n) is 6.57. The summed E-state index contributed by atoms with van der Waals surface area (Å²) in [6.07, 6.45) is -0.817. The van der Waals surface area contributed by atoms with E-state index in [0.29, 0.717) is 0 Å². The molecule has 1 N–H and O–H groups in total. The molecule has 1 aromatic rings. The van der Waals surface area contributed by atoms with E-state index in [1.165, 1.54) is 12.1 Å². The van der Waals surface area contributed by atoms with E-state index in [-0.39, 0.29) is 47.4 Å². The average Bonchev–Trinajstić information content (AvgIpc) is 2.96. The van der Waals surface area contributed by atoms with E-state index < -0.39 is 18.0 Å². The summed E-state index contributed by atoms with van der Waals surface area (Å²) in [6.45, 7) is 4.13. The third-order valence-electron chi connectivity index (χ3n) is 5.29. The number of hydrogen-bond acceptors (Lipinski definition) is 5. The minimum atomic E-state index is -1.15. The second kappa shape index (κ2) is 5.04. The third kappa shape index (κ3) is 2.01. The fraction of sp³-hybridized carbons (Fsp3) is 0.529. The second-order valence-corrected chi connectivity index (χ2v) is 6.57. The van der Waals surface area contributed by atoms with Crippen molar-refractivity contribution in [3.63, 3.8) is 0 Å². The van der Waals surface area contributed by atoms with Gasteiger partial charge in [-0.15, -0.1) is 0 Å². The molecule has 4 heterocycles. The first-order valence-electron chi connectivity index (χ1n) is 7.83. The number of esters is 1. The summed E-state index contributed by atoms with van der Waals surface area (Å²) in [5, 5.41) is 9.21. The molecule has 23 heavy (non-hydrogen) atoms. The summed E-state index contributed by atoms with van der Waals surface area (Å²) in [5.74, 6) is -1.37. The molecule has 122 valence electrons. The van der Waals surface area contributed by atoms with Gasteiger partial charge in [0.25, 0.3) is 0 Å². The SMILES string of the molecule is CC1C2O[C@H]3[C@H](OC1[C@@H]3OC(=O)c1ccccc1C(=O)O)C2C. The molecule has 0 aromatic heterocycles. The van der Waals surface area contributed by atoms with Crippen molar-refractivity contribution in [2.45, 2.75) is 44.4 Å². The molecule has 6 heteroatoms. The molecule has 0 spiro atoms. The molecule has 0 saturated carbocycles. The summed E-state index contributed by atoms with van der Waals surface area (Å²) < 4.78 is 17.6. The summed E-state index contributed by atoms with van der Waals surface area (Å²) in [5.41, 5.74) is -0.00812. The summed E-state index contributed by atoms with van der Waals surface area (Å²) in [4.78, 5) is 23.7. The van der Waals surface area contributed by atoms with Crippen LogP contribution in [-0.4, -0.2) is 47.6 Å². The minimum absolute atomic E-state index is 0.0475. The predicted octanol–water partition coefficient (Wildman–Crippen LogP) is 1.73. The molecular weight excluding hydrogens is 300 g/mol. The van der Waals surface area contributed by atoms with Crippen LogP contribution >= 0.6 is 0 Å². The molecule has 7 atom stereocenters. The van der Waals surface area contributed by atoms with Gasteiger partial charge in [-0.3, -0.25) is 0 Å². The molecule has 5 rings (SSSR count). The molecule has 4 saturated heterocycles. The maximum Gasteiger partial charge on any atom is 0.339 e. The smallest absolute Gasteiger partial charge is 0.339 e. The van der Waals surface area contributed by atoms with Crippen molar-refractivity contribution in [3.8, 4) is 0 Å². The van der Waals surface area contributed by atoms with Crippen LogP contribution in [0.1, 0.15) is 34.6 Å². The predicted molar refractivity (Wildman–Crippen MR) is 78.3 cm³/mol. The lowest BCUT2D eigenvalue weighted by Gasteiger charge is -2.38. The maximum atomic E-state index is 12.5. The number of rotatable bonds is 3. The van der Waals surface area contributed by atoms with Crippen molar-refractivity contribution in [1.82, 2.24) is 0 Å². The molecule has 0 aliphatic carbocycles. The molecule has 4 aliphatic rings. The normalized spacial score (nSPS) is 40.3. The first-order valence-corrected chi connectivity index (χ1v) is 7.83. The Morgan fingerprint density at radius 3 is 2.26 bits per heavy atom. The van der Waals surface area contributed by atoms with Gasteiger partial charge in [-0.05, 0) is 12.1 Å². The van der Waals surface area contributed by atoms with Gasteiger partial charge in [0.1, 0.15) is 12.2 Å². The van der Waals surface area contributed by atoms with Gasteiger partial charge in [-0.1, -0.05) is 26.0 Å². The van der Waals surface area contributed by atoms with Gasteiger partial charge >= 0.3 is 11.9 Å². The molecule has 4 bridgehead atoms. The van der Waals surface area contributed by atoms with Crippen LogP contribution in [0.4, 0.5) is 0 Å². The van der Waals surface area contributed by atoms with Crippen LogP contribution in [0.15, 0.2) is 24.3 Å². The zero-order valence-corrected chi connectivity index (χ0v) is 12.8. The monoisotopic (exact) mass is 318 g/mol. The lowest BCUT2D eigenvalue weighted by Crippen LogP contribution is -2.49. The van der Waals surface area contributed by atoms with E-state index in [1.54, 1.807) is 12.1 Å². The Balaban J connectivity index is 1.58. The Kier molecular flexibility index (Phi) is 3.21. The molecule has 4 unspecified atom stereocenters. The molecule has 6 nitrogen and oxygen atoms in total. The molecular formula is C17H18O6. The summed E-state index contributed by atoms with van der Waals surface area (Å²) in [6, 6.07) is 6.05. The van der Waals surface area contributed by atoms with Crippen molar-refractivity contribution in [3.05, 3.63) is 35.4 Å². The van der Waals surface area contributed by atoms with Crippen LogP contribution < -0.4 is 0 Å². The minimum Gasteiger partial charge on any atom is -0.478 e. The van der Waals surface area contributed by atoms with Gasteiger partial charge < -0.3 is 19.3 Å². The summed E-state index contributed by atoms with van der Waals surface area (Å²) in [7, 11) is 0. The highest BCUT2D eigenvalue weighted by atomic mass is 16.6. The average molecular weight is 318 g/mol. The highest BCUT2D eigenvalue weighted by Crippen LogP contribution is 2.50. The highest BCUT2D eigenvalue weighted by Gasteiger charge is 2.65. The van der Waals surface area contributed by atoms with Crippen molar-refractivity contribution in [2.24, 2.45) is 11.8 Å². The van der Waals surface area contributed by atoms with E-state index >= 15 is 0 Å². The Morgan fingerprint density at radius 2 is 1.57 bits per heavy atom. The van der Waals surface area contributed by atoms with Gasteiger partial charge in [-0.2, -0.15) is 0 Å². The molecule has 0 radical (unpaired) electrons. The lowest BCUT2D eigenvalue weighted by atomic mass is 9.87. The van der Waals surface area contributed by atoms with E-state index in [1.807, 2.05) is 6.92 Å². The van der Waals surface area contributed by atoms with Gasteiger partial charge in [0.05, 0.1) is 23.3 Å². The zero-order chi connectivity index (χ0) is 16.3.